The molecule has 5 heteroatoms. The fourth-order valence-electron chi connectivity index (χ4n) is 2.35. The van der Waals surface area contributed by atoms with Gasteiger partial charge in [0.2, 0.25) is 0 Å². The van der Waals surface area contributed by atoms with E-state index in [0.29, 0.717) is 10.0 Å². The first-order valence-electron chi connectivity index (χ1n) is 6.52. The Bertz CT molecular complexity index is 420. The minimum atomic E-state index is 0.580. The molecule has 106 valence electrons. The molecule has 1 saturated heterocycles. The number of methoxy groups -OCH3 is 1. The van der Waals surface area contributed by atoms with Crippen LogP contribution < -0.4 is 4.74 Å². The number of aryl methyl sites for hydroxylation is 1. The van der Waals surface area contributed by atoms with Gasteiger partial charge in [-0.3, -0.25) is 4.90 Å². The van der Waals surface area contributed by atoms with Gasteiger partial charge in [-0.25, -0.2) is 0 Å². The predicted octanol–water partition coefficient (Wildman–Crippen LogP) is 3.27. The molecule has 0 bridgehead atoms. The van der Waals surface area contributed by atoms with Crippen molar-refractivity contribution in [2.45, 2.75) is 12.8 Å². The fraction of sp³-hybridized carbons (Fsp3) is 0.571. The summed E-state index contributed by atoms with van der Waals surface area (Å²) in [5.74, 6) is 0.744. The van der Waals surface area contributed by atoms with Gasteiger partial charge in [0, 0.05) is 18.1 Å². The maximum absolute atomic E-state index is 6.13. The van der Waals surface area contributed by atoms with Crippen LogP contribution in [0.15, 0.2) is 12.1 Å². The molecule has 0 N–H and O–H groups in total. The monoisotopic (exact) mass is 303 g/mol. The van der Waals surface area contributed by atoms with E-state index in [9.17, 15) is 0 Å². The maximum atomic E-state index is 6.13. The molecule has 3 nitrogen and oxygen atoms in total. The Morgan fingerprint density at radius 1 is 1.26 bits per heavy atom. The van der Waals surface area contributed by atoms with Crippen LogP contribution in [-0.2, 0) is 11.2 Å². The second-order valence-corrected chi connectivity index (χ2v) is 5.48. The van der Waals surface area contributed by atoms with E-state index in [1.807, 2.05) is 6.07 Å². The van der Waals surface area contributed by atoms with Gasteiger partial charge in [0.15, 0.2) is 0 Å². The molecule has 19 heavy (non-hydrogen) atoms. The molecular formula is C14H19Cl2NO2. The van der Waals surface area contributed by atoms with Gasteiger partial charge < -0.3 is 9.47 Å². The molecule has 0 amide bonds. The number of hydrogen-bond acceptors (Lipinski definition) is 3. The molecule has 1 aliphatic heterocycles. The normalized spacial score (nSPS) is 16.6. The van der Waals surface area contributed by atoms with Crippen LogP contribution >= 0.6 is 23.2 Å². The zero-order chi connectivity index (χ0) is 13.7. The summed E-state index contributed by atoms with van der Waals surface area (Å²) >= 11 is 12.2. The number of halogens is 2. The topological polar surface area (TPSA) is 21.7 Å². The van der Waals surface area contributed by atoms with Gasteiger partial charge in [0.05, 0.1) is 25.3 Å². The lowest BCUT2D eigenvalue weighted by Crippen LogP contribution is -2.36. The first kappa shape index (κ1) is 14.9. The third-order valence-electron chi connectivity index (χ3n) is 3.31. The van der Waals surface area contributed by atoms with Crippen LogP contribution in [0.3, 0.4) is 0 Å². The number of morpholine rings is 1. The lowest BCUT2D eigenvalue weighted by atomic mass is 10.1. The van der Waals surface area contributed by atoms with Crippen molar-refractivity contribution in [2.24, 2.45) is 0 Å². The number of hydrogen-bond donors (Lipinski definition) is 0. The van der Waals surface area contributed by atoms with Crippen molar-refractivity contribution in [3.8, 4) is 5.75 Å². The van der Waals surface area contributed by atoms with Gasteiger partial charge >= 0.3 is 0 Å². The highest BCUT2D eigenvalue weighted by Crippen LogP contribution is 2.32. The standard InChI is InChI=1S/C14H19Cl2NO2/c1-18-14-11(9-12(15)10-13(14)16)3-2-4-17-5-7-19-8-6-17/h9-10H,2-8H2,1H3. The summed E-state index contributed by atoms with van der Waals surface area (Å²) in [5.41, 5.74) is 1.08. The van der Waals surface area contributed by atoms with Gasteiger partial charge in [-0.1, -0.05) is 23.2 Å². The van der Waals surface area contributed by atoms with Gasteiger partial charge in [-0.15, -0.1) is 0 Å². The molecule has 1 fully saturated rings. The van der Waals surface area contributed by atoms with Crippen LogP contribution in [0.5, 0.6) is 5.75 Å². The molecule has 0 atom stereocenters. The van der Waals surface area contributed by atoms with Crippen LogP contribution in [0.2, 0.25) is 10.0 Å². The van der Waals surface area contributed by atoms with E-state index < -0.39 is 0 Å². The van der Waals surface area contributed by atoms with Crippen LogP contribution in [0.1, 0.15) is 12.0 Å². The van der Waals surface area contributed by atoms with Crippen LogP contribution in [0.4, 0.5) is 0 Å². The summed E-state index contributed by atoms with van der Waals surface area (Å²) in [5, 5.41) is 1.24. The minimum absolute atomic E-state index is 0.580. The third-order valence-corrected chi connectivity index (χ3v) is 3.81. The average Bonchev–Trinajstić information content (AvgIpc) is 2.39. The molecule has 0 radical (unpaired) electrons. The van der Waals surface area contributed by atoms with Gasteiger partial charge in [-0.2, -0.15) is 0 Å². The van der Waals surface area contributed by atoms with E-state index in [0.717, 1.165) is 57.0 Å². The van der Waals surface area contributed by atoms with E-state index in [1.165, 1.54) is 0 Å². The molecule has 1 heterocycles. The van der Waals surface area contributed by atoms with Crippen molar-refractivity contribution < 1.29 is 9.47 Å². The third kappa shape index (κ3) is 4.25. The number of ether oxygens (including phenoxy) is 2. The summed E-state index contributed by atoms with van der Waals surface area (Å²) in [6.45, 7) is 4.79. The molecule has 0 aromatic heterocycles. The summed E-state index contributed by atoms with van der Waals surface area (Å²) in [6.07, 6.45) is 1.98. The Morgan fingerprint density at radius 2 is 2.00 bits per heavy atom. The van der Waals surface area contributed by atoms with Crippen LogP contribution in [0, 0.1) is 0 Å². The molecule has 1 aromatic rings. The van der Waals surface area contributed by atoms with Crippen LogP contribution in [0.25, 0.3) is 0 Å². The Morgan fingerprint density at radius 3 is 2.68 bits per heavy atom. The molecule has 1 aromatic carbocycles. The minimum Gasteiger partial charge on any atom is -0.495 e. The van der Waals surface area contributed by atoms with Crippen molar-refractivity contribution in [3.05, 3.63) is 27.7 Å². The first-order chi connectivity index (χ1) is 9.20. The number of nitrogens with zero attached hydrogens (tertiary/aromatic N) is 1. The van der Waals surface area contributed by atoms with Gasteiger partial charge in [0.25, 0.3) is 0 Å². The summed E-state index contributed by atoms with van der Waals surface area (Å²) in [4.78, 5) is 2.42. The lowest BCUT2D eigenvalue weighted by molar-refractivity contribution is 0.0374. The highest BCUT2D eigenvalue weighted by molar-refractivity contribution is 6.35. The molecule has 0 saturated carbocycles. The molecular weight excluding hydrogens is 285 g/mol. The average molecular weight is 304 g/mol. The predicted molar refractivity (Wildman–Crippen MR) is 78.6 cm³/mol. The van der Waals surface area contributed by atoms with E-state index in [1.54, 1.807) is 13.2 Å². The van der Waals surface area contributed by atoms with E-state index in [-0.39, 0.29) is 0 Å². The first-order valence-corrected chi connectivity index (χ1v) is 7.28. The smallest absolute Gasteiger partial charge is 0.140 e. The van der Waals surface area contributed by atoms with E-state index >= 15 is 0 Å². The van der Waals surface area contributed by atoms with Crippen molar-refractivity contribution in [1.82, 2.24) is 4.90 Å². The Kier molecular flexibility index (Phi) is 5.76. The highest BCUT2D eigenvalue weighted by atomic mass is 35.5. The van der Waals surface area contributed by atoms with Gasteiger partial charge in [-0.05, 0) is 37.1 Å². The zero-order valence-electron chi connectivity index (χ0n) is 11.1. The van der Waals surface area contributed by atoms with E-state index in [2.05, 4.69) is 4.90 Å². The molecule has 2 rings (SSSR count). The maximum Gasteiger partial charge on any atom is 0.140 e. The lowest BCUT2D eigenvalue weighted by Gasteiger charge is -2.26. The SMILES string of the molecule is COc1c(Cl)cc(Cl)cc1CCCN1CCOCC1. The Hall–Kier alpha value is -0.480. The Labute approximate surface area is 124 Å². The largest absolute Gasteiger partial charge is 0.495 e. The second-order valence-electron chi connectivity index (χ2n) is 4.64. The number of benzene rings is 1. The molecule has 0 spiro atoms. The van der Waals surface area contributed by atoms with Crippen molar-refractivity contribution in [1.29, 1.82) is 0 Å². The van der Waals surface area contributed by atoms with E-state index in [4.69, 9.17) is 32.7 Å². The van der Waals surface area contributed by atoms with Gasteiger partial charge in [0.1, 0.15) is 5.75 Å². The Balaban J connectivity index is 1.91. The fourth-order valence-corrected chi connectivity index (χ4v) is 2.96. The van der Waals surface area contributed by atoms with Crippen molar-refractivity contribution >= 4 is 23.2 Å². The van der Waals surface area contributed by atoms with Crippen LogP contribution in [-0.4, -0.2) is 44.9 Å². The summed E-state index contributed by atoms with van der Waals surface area (Å²) in [6, 6.07) is 3.65. The molecule has 0 aliphatic carbocycles. The van der Waals surface area contributed by atoms with Crippen molar-refractivity contribution in [3.63, 3.8) is 0 Å². The quantitative estimate of drug-likeness (QED) is 0.833. The highest BCUT2D eigenvalue weighted by Gasteiger charge is 2.12. The number of rotatable bonds is 5. The molecule has 0 unspecified atom stereocenters. The van der Waals surface area contributed by atoms with Crippen molar-refractivity contribution in [2.75, 3.05) is 40.0 Å². The summed E-state index contributed by atoms with van der Waals surface area (Å²) < 4.78 is 10.7. The second kappa shape index (κ2) is 7.34. The molecule has 1 aliphatic rings. The summed E-state index contributed by atoms with van der Waals surface area (Å²) in [7, 11) is 1.64. The zero-order valence-corrected chi connectivity index (χ0v) is 12.6.